The van der Waals surface area contributed by atoms with Gasteiger partial charge < -0.3 is 0 Å². The van der Waals surface area contributed by atoms with Crippen molar-refractivity contribution in [2.24, 2.45) is 16.8 Å². The Morgan fingerprint density at radius 1 is 1.08 bits per heavy atom. The van der Waals surface area contributed by atoms with Crippen molar-refractivity contribution in [3.63, 3.8) is 0 Å². The normalized spacial score (nSPS) is 14.7. The minimum absolute atomic E-state index is 0.531. The first kappa shape index (κ1) is 11.4. The minimum Gasteiger partial charge on any atom is -0.293 e. The summed E-state index contributed by atoms with van der Waals surface area (Å²) in [6, 6.07) is 0. The number of aliphatic imine (C=N–C) groups is 1. The first-order valence-corrected chi connectivity index (χ1v) is 4.67. The summed E-state index contributed by atoms with van der Waals surface area (Å²) >= 11 is 0. The third-order valence-electron chi connectivity index (χ3n) is 2.02. The van der Waals surface area contributed by atoms with Crippen LogP contribution in [0, 0.1) is 11.8 Å². The minimum atomic E-state index is 0.531. The van der Waals surface area contributed by atoms with Crippen LogP contribution in [-0.2, 0) is 0 Å². The average Bonchev–Trinajstić information content (AvgIpc) is 1.98. The van der Waals surface area contributed by atoms with Crippen LogP contribution < -0.4 is 0 Å². The maximum Gasteiger partial charge on any atom is 0.0401 e. The maximum absolute atomic E-state index is 4.33. The summed E-state index contributed by atoms with van der Waals surface area (Å²) in [5.74, 6) is 1.11. The fourth-order valence-electron chi connectivity index (χ4n) is 1.50. The quantitative estimate of drug-likeness (QED) is 0.572. The van der Waals surface area contributed by atoms with Gasteiger partial charge in [0, 0.05) is 12.8 Å². The van der Waals surface area contributed by atoms with Crippen LogP contribution in [0.15, 0.2) is 16.6 Å². The zero-order valence-corrected chi connectivity index (χ0v) is 9.18. The van der Waals surface area contributed by atoms with Crippen molar-refractivity contribution in [2.45, 2.75) is 34.6 Å². The Bertz CT molecular complexity index is 163. The molecule has 0 spiro atoms. The van der Waals surface area contributed by atoms with Crippen LogP contribution in [-0.4, -0.2) is 12.8 Å². The summed E-state index contributed by atoms with van der Waals surface area (Å²) in [5, 5.41) is 0. The molecule has 70 valence electrons. The molecule has 0 saturated heterocycles. The fourth-order valence-corrected chi connectivity index (χ4v) is 1.50. The Morgan fingerprint density at radius 2 is 1.58 bits per heavy atom. The number of hydrogen-bond donors (Lipinski definition) is 0. The second-order valence-electron chi connectivity index (χ2n) is 3.66. The highest BCUT2D eigenvalue weighted by atomic mass is 14.7. The largest absolute Gasteiger partial charge is 0.293 e. The van der Waals surface area contributed by atoms with Gasteiger partial charge in [0.15, 0.2) is 0 Å². The van der Waals surface area contributed by atoms with Gasteiger partial charge in [-0.25, -0.2) is 0 Å². The molecule has 0 N–H and O–H groups in total. The van der Waals surface area contributed by atoms with E-state index in [0.29, 0.717) is 11.8 Å². The molecule has 0 aromatic heterocycles. The molecule has 0 atom stereocenters. The predicted molar refractivity (Wildman–Crippen MR) is 56.8 cm³/mol. The monoisotopic (exact) mass is 167 g/mol. The van der Waals surface area contributed by atoms with Crippen molar-refractivity contribution < 1.29 is 0 Å². The lowest BCUT2D eigenvalue weighted by molar-refractivity contribution is 0.771. The highest BCUT2D eigenvalue weighted by Gasteiger charge is 2.12. The van der Waals surface area contributed by atoms with Crippen molar-refractivity contribution >= 4 is 5.71 Å². The van der Waals surface area contributed by atoms with Crippen LogP contribution in [0.5, 0.6) is 0 Å². The van der Waals surface area contributed by atoms with Crippen LogP contribution in [0.2, 0.25) is 0 Å². The molecular formula is C11H21N. The van der Waals surface area contributed by atoms with Gasteiger partial charge in [-0.3, -0.25) is 4.99 Å². The standard InChI is InChI=1S/C11H21N/c1-7-10(8(2)3)11(12-6)9(4)5/h7-9H,1-6H3/b10-7-,12-11-. The second-order valence-corrected chi connectivity index (χ2v) is 3.66. The van der Waals surface area contributed by atoms with E-state index in [9.17, 15) is 0 Å². The van der Waals surface area contributed by atoms with Crippen molar-refractivity contribution in [1.82, 2.24) is 0 Å². The third-order valence-corrected chi connectivity index (χ3v) is 2.02. The van der Waals surface area contributed by atoms with Gasteiger partial charge in [-0.15, -0.1) is 0 Å². The van der Waals surface area contributed by atoms with Crippen LogP contribution >= 0.6 is 0 Å². The molecule has 0 rings (SSSR count). The van der Waals surface area contributed by atoms with Gasteiger partial charge in [0.05, 0.1) is 0 Å². The molecular weight excluding hydrogens is 146 g/mol. The molecule has 0 aromatic rings. The van der Waals surface area contributed by atoms with E-state index < -0.39 is 0 Å². The summed E-state index contributed by atoms with van der Waals surface area (Å²) in [5.41, 5.74) is 2.63. The molecule has 0 bridgehead atoms. The van der Waals surface area contributed by atoms with E-state index in [4.69, 9.17) is 0 Å². The summed E-state index contributed by atoms with van der Waals surface area (Å²) in [6.07, 6.45) is 2.17. The molecule has 0 unspecified atom stereocenters. The zero-order chi connectivity index (χ0) is 9.72. The molecule has 0 heterocycles. The predicted octanol–water partition coefficient (Wildman–Crippen LogP) is 3.32. The number of nitrogens with zero attached hydrogens (tertiary/aromatic N) is 1. The van der Waals surface area contributed by atoms with E-state index >= 15 is 0 Å². The Labute approximate surface area is 76.6 Å². The van der Waals surface area contributed by atoms with Crippen molar-refractivity contribution in [2.75, 3.05) is 7.05 Å². The van der Waals surface area contributed by atoms with Gasteiger partial charge in [0.1, 0.15) is 0 Å². The molecule has 1 nitrogen and oxygen atoms in total. The topological polar surface area (TPSA) is 12.4 Å². The summed E-state index contributed by atoms with van der Waals surface area (Å²) < 4.78 is 0. The smallest absolute Gasteiger partial charge is 0.0401 e. The Morgan fingerprint density at radius 3 is 1.67 bits per heavy atom. The number of allylic oxidation sites excluding steroid dienone is 2. The van der Waals surface area contributed by atoms with Crippen molar-refractivity contribution in [1.29, 1.82) is 0 Å². The van der Waals surface area contributed by atoms with Crippen LogP contribution in [0.25, 0.3) is 0 Å². The molecule has 0 aliphatic heterocycles. The van der Waals surface area contributed by atoms with Crippen molar-refractivity contribution in [3.8, 4) is 0 Å². The van der Waals surface area contributed by atoms with E-state index in [0.717, 1.165) is 0 Å². The molecule has 0 radical (unpaired) electrons. The van der Waals surface area contributed by atoms with Crippen LogP contribution in [0.3, 0.4) is 0 Å². The number of hydrogen-bond acceptors (Lipinski definition) is 1. The summed E-state index contributed by atoms with van der Waals surface area (Å²) in [7, 11) is 1.88. The highest BCUT2D eigenvalue weighted by molar-refractivity contribution is 6.01. The van der Waals surface area contributed by atoms with E-state index in [1.54, 1.807) is 0 Å². The third kappa shape index (κ3) is 2.80. The van der Waals surface area contributed by atoms with Gasteiger partial charge in [-0.05, 0) is 24.3 Å². The maximum atomic E-state index is 4.33. The zero-order valence-electron chi connectivity index (χ0n) is 9.18. The summed E-state index contributed by atoms with van der Waals surface area (Å²) in [6.45, 7) is 10.9. The second kappa shape index (κ2) is 5.13. The van der Waals surface area contributed by atoms with Crippen LogP contribution in [0.4, 0.5) is 0 Å². The van der Waals surface area contributed by atoms with E-state index in [2.05, 4.69) is 45.7 Å². The van der Waals surface area contributed by atoms with Gasteiger partial charge >= 0.3 is 0 Å². The lowest BCUT2D eigenvalue weighted by atomic mass is 9.91. The molecule has 0 aliphatic carbocycles. The molecule has 0 amide bonds. The Kier molecular flexibility index (Phi) is 4.87. The Balaban J connectivity index is 4.73. The van der Waals surface area contributed by atoms with E-state index in [1.807, 2.05) is 7.05 Å². The Hall–Kier alpha value is -0.590. The SMILES string of the molecule is C/C=C(\C(=N/C)C(C)C)C(C)C. The van der Waals surface area contributed by atoms with Crippen LogP contribution in [0.1, 0.15) is 34.6 Å². The van der Waals surface area contributed by atoms with Gasteiger partial charge in [0.25, 0.3) is 0 Å². The lowest BCUT2D eigenvalue weighted by Crippen LogP contribution is -2.14. The average molecular weight is 167 g/mol. The first-order chi connectivity index (χ1) is 5.54. The molecule has 0 aromatic carbocycles. The fraction of sp³-hybridized carbons (Fsp3) is 0.727. The van der Waals surface area contributed by atoms with Gasteiger partial charge in [-0.1, -0.05) is 33.8 Å². The summed E-state index contributed by atoms with van der Waals surface area (Å²) in [4.78, 5) is 4.33. The van der Waals surface area contributed by atoms with E-state index in [-0.39, 0.29) is 0 Å². The molecule has 12 heavy (non-hydrogen) atoms. The molecule has 0 saturated carbocycles. The van der Waals surface area contributed by atoms with Gasteiger partial charge in [-0.2, -0.15) is 0 Å². The van der Waals surface area contributed by atoms with Gasteiger partial charge in [0.2, 0.25) is 0 Å². The molecule has 0 aliphatic rings. The van der Waals surface area contributed by atoms with E-state index in [1.165, 1.54) is 11.3 Å². The highest BCUT2D eigenvalue weighted by Crippen LogP contribution is 2.16. The first-order valence-electron chi connectivity index (χ1n) is 4.67. The number of rotatable bonds is 3. The lowest BCUT2D eigenvalue weighted by Gasteiger charge is -2.16. The molecule has 0 fully saturated rings. The molecule has 1 heteroatoms. The van der Waals surface area contributed by atoms with Crippen molar-refractivity contribution in [3.05, 3.63) is 11.6 Å².